The van der Waals surface area contributed by atoms with Crippen LogP contribution in [0, 0.1) is 0 Å². The van der Waals surface area contributed by atoms with Crippen molar-refractivity contribution in [2.45, 2.75) is 38.7 Å². The van der Waals surface area contributed by atoms with Gasteiger partial charge in [0.15, 0.2) is 6.10 Å². The van der Waals surface area contributed by atoms with Gasteiger partial charge in [0.1, 0.15) is 11.3 Å². The third-order valence-electron chi connectivity index (χ3n) is 5.41. The zero-order valence-electron chi connectivity index (χ0n) is 15.5. The summed E-state index contributed by atoms with van der Waals surface area (Å²) in [6.45, 7) is 1.69. The molecule has 142 valence electrons. The predicted molar refractivity (Wildman–Crippen MR) is 106 cm³/mol. The number of nitrogens with one attached hydrogen (secondary N) is 2. The smallest absolute Gasteiger partial charge is 0.265 e. The van der Waals surface area contributed by atoms with Crippen molar-refractivity contribution in [1.29, 1.82) is 0 Å². The third-order valence-corrected chi connectivity index (χ3v) is 5.41. The van der Waals surface area contributed by atoms with Crippen molar-refractivity contribution < 1.29 is 18.7 Å². The lowest BCUT2D eigenvalue weighted by Crippen LogP contribution is -2.34. The minimum atomic E-state index is -0.524. The molecule has 1 aromatic heterocycles. The molecule has 28 heavy (non-hydrogen) atoms. The van der Waals surface area contributed by atoms with Crippen LogP contribution in [0.3, 0.4) is 0 Å². The average molecular weight is 376 g/mol. The SMILES string of the molecule is C[C@@H]1Oc2ccc(NC(=O)Cc3coc4cc5c(cc34)CCC5)cc2NC1=O. The lowest BCUT2D eigenvalue weighted by Gasteiger charge is -2.23. The summed E-state index contributed by atoms with van der Waals surface area (Å²) in [7, 11) is 0. The molecule has 3 aromatic rings. The highest BCUT2D eigenvalue weighted by molar-refractivity contribution is 6.00. The van der Waals surface area contributed by atoms with E-state index in [4.69, 9.17) is 9.15 Å². The highest BCUT2D eigenvalue weighted by Gasteiger charge is 2.24. The van der Waals surface area contributed by atoms with Crippen LogP contribution in [-0.2, 0) is 28.9 Å². The van der Waals surface area contributed by atoms with E-state index in [1.807, 2.05) is 0 Å². The number of carbonyl (C=O) groups is 2. The first-order chi connectivity index (χ1) is 13.6. The summed E-state index contributed by atoms with van der Waals surface area (Å²) in [4.78, 5) is 24.3. The summed E-state index contributed by atoms with van der Waals surface area (Å²) < 4.78 is 11.2. The zero-order chi connectivity index (χ0) is 19.3. The van der Waals surface area contributed by atoms with Gasteiger partial charge in [-0.25, -0.2) is 0 Å². The van der Waals surface area contributed by atoms with Gasteiger partial charge in [-0.3, -0.25) is 9.59 Å². The van der Waals surface area contributed by atoms with Crippen LogP contribution in [0.15, 0.2) is 41.0 Å². The number of amides is 2. The van der Waals surface area contributed by atoms with Gasteiger partial charge >= 0.3 is 0 Å². The molecular weight excluding hydrogens is 356 g/mol. The summed E-state index contributed by atoms with van der Waals surface area (Å²) in [6.07, 6.45) is 4.73. The Morgan fingerprint density at radius 1 is 1.21 bits per heavy atom. The Morgan fingerprint density at radius 3 is 2.89 bits per heavy atom. The molecule has 0 fully saturated rings. The molecule has 0 saturated heterocycles. The Bertz CT molecular complexity index is 1120. The number of rotatable bonds is 3. The lowest BCUT2D eigenvalue weighted by molar-refractivity contribution is -0.122. The first-order valence-electron chi connectivity index (χ1n) is 9.50. The fourth-order valence-electron chi connectivity index (χ4n) is 3.95. The third kappa shape index (κ3) is 2.91. The van der Waals surface area contributed by atoms with Gasteiger partial charge in [-0.1, -0.05) is 0 Å². The Morgan fingerprint density at radius 2 is 2.04 bits per heavy atom. The van der Waals surface area contributed by atoms with Crippen LogP contribution < -0.4 is 15.4 Å². The quantitative estimate of drug-likeness (QED) is 0.728. The second kappa shape index (κ2) is 6.41. The van der Waals surface area contributed by atoms with Gasteiger partial charge in [-0.15, -0.1) is 0 Å². The van der Waals surface area contributed by atoms with Crippen LogP contribution in [0.4, 0.5) is 11.4 Å². The van der Waals surface area contributed by atoms with Gasteiger partial charge in [-0.05, 0) is 67.6 Å². The standard InChI is InChI=1S/C22H20N2O4/c1-12-22(26)24-18-10-16(5-6-19(18)28-12)23-21(25)9-15-11-27-20-8-14-4-2-3-13(14)7-17(15)20/h5-8,10-12H,2-4,9H2,1H3,(H,23,25)(H,24,26)/t12-/m0/s1. The Kier molecular flexibility index (Phi) is 3.86. The Balaban J connectivity index is 1.34. The van der Waals surface area contributed by atoms with E-state index in [-0.39, 0.29) is 18.2 Å². The van der Waals surface area contributed by atoms with Crippen LogP contribution in [0.5, 0.6) is 5.75 Å². The Hall–Kier alpha value is -3.28. The van der Waals surface area contributed by atoms with E-state index in [0.717, 1.165) is 29.4 Å². The van der Waals surface area contributed by atoms with Gasteiger partial charge in [-0.2, -0.15) is 0 Å². The fraction of sp³-hybridized carbons (Fsp3) is 0.273. The number of carbonyl (C=O) groups excluding carboxylic acids is 2. The number of furan rings is 1. The number of benzene rings is 2. The molecule has 2 aromatic carbocycles. The van der Waals surface area contributed by atoms with Gasteiger partial charge < -0.3 is 19.8 Å². The number of hydrogen-bond donors (Lipinski definition) is 2. The van der Waals surface area contributed by atoms with E-state index in [2.05, 4.69) is 22.8 Å². The summed E-state index contributed by atoms with van der Waals surface area (Å²) in [5.74, 6) is 0.257. The van der Waals surface area contributed by atoms with Crippen LogP contribution >= 0.6 is 0 Å². The van der Waals surface area contributed by atoms with E-state index >= 15 is 0 Å². The molecule has 0 unspecified atom stereocenters. The number of aryl methyl sites for hydroxylation is 2. The first-order valence-corrected chi connectivity index (χ1v) is 9.50. The summed E-state index contributed by atoms with van der Waals surface area (Å²) in [5.41, 5.74) is 5.60. The maximum atomic E-state index is 12.6. The normalized spacial score (nSPS) is 17.6. The molecule has 1 atom stereocenters. The van der Waals surface area contributed by atoms with Crippen LogP contribution in [0.2, 0.25) is 0 Å². The molecule has 2 aliphatic rings. The minimum Gasteiger partial charge on any atom is -0.479 e. The van der Waals surface area contributed by atoms with Crippen molar-refractivity contribution in [2.75, 3.05) is 10.6 Å². The molecule has 1 aliphatic heterocycles. The average Bonchev–Trinajstić information content (AvgIpc) is 3.27. The molecule has 2 N–H and O–H groups in total. The summed E-state index contributed by atoms with van der Waals surface area (Å²) in [5, 5.41) is 6.68. The van der Waals surface area contributed by atoms with E-state index in [1.165, 1.54) is 17.5 Å². The molecule has 2 heterocycles. The van der Waals surface area contributed by atoms with Crippen molar-refractivity contribution in [3.8, 4) is 5.75 Å². The second-order valence-electron chi connectivity index (χ2n) is 7.42. The molecule has 0 spiro atoms. The summed E-state index contributed by atoms with van der Waals surface area (Å²) in [6, 6.07) is 9.49. The molecule has 1 aliphatic carbocycles. The molecule has 0 radical (unpaired) electrons. The molecular formula is C22H20N2O4. The van der Waals surface area contributed by atoms with Crippen LogP contribution in [-0.4, -0.2) is 17.9 Å². The molecule has 0 saturated carbocycles. The first kappa shape index (κ1) is 16.9. The maximum absolute atomic E-state index is 12.6. The van der Waals surface area contributed by atoms with Crippen molar-refractivity contribution >= 4 is 34.2 Å². The van der Waals surface area contributed by atoms with Crippen molar-refractivity contribution in [2.24, 2.45) is 0 Å². The highest BCUT2D eigenvalue weighted by atomic mass is 16.5. The second-order valence-corrected chi connectivity index (χ2v) is 7.42. The Labute approximate surface area is 161 Å². The predicted octanol–water partition coefficient (Wildman–Crippen LogP) is 3.82. The molecule has 6 heteroatoms. The van der Waals surface area contributed by atoms with Gasteiger partial charge in [0.2, 0.25) is 5.91 Å². The van der Waals surface area contributed by atoms with Gasteiger partial charge in [0.25, 0.3) is 5.91 Å². The monoisotopic (exact) mass is 376 g/mol. The maximum Gasteiger partial charge on any atom is 0.265 e. The number of hydrogen-bond acceptors (Lipinski definition) is 4. The van der Waals surface area contributed by atoms with Crippen molar-refractivity contribution in [1.82, 2.24) is 0 Å². The molecule has 5 rings (SSSR count). The van der Waals surface area contributed by atoms with E-state index < -0.39 is 6.10 Å². The van der Waals surface area contributed by atoms with E-state index in [0.29, 0.717) is 17.1 Å². The zero-order valence-corrected chi connectivity index (χ0v) is 15.5. The van der Waals surface area contributed by atoms with Crippen LogP contribution in [0.1, 0.15) is 30.0 Å². The number of ether oxygens (including phenoxy) is 1. The molecule has 2 amide bonds. The number of anilines is 2. The van der Waals surface area contributed by atoms with Crippen LogP contribution in [0.25, 0.3) is 11.0 Å². The fourth-order valence-corrected chi connectivity index (χ4v) is 3.95. The lowest BCUT2D eigenvalue weighted by atomic mass is 10.0. The van der Waals surface area contributed by atoms with Gasteiger partial charge in [0.05, 0.1) is 18.4 Å². The van der Waals surface area contributed by atoms with Crippen molar-refractivity contribution in [3.05, 3.63) is 53.3 Å². The molecule has 6 nitrogen and oxygen atoms in total. The molecule has 0 bridgehead atoms. The number of fused-ring (bicyclic) bond motifs is 3. The topological polar surface area (TPSA) is 80.6 Å². The summed E-state index contributed by atoms with van der Waals surface area (Å²) >= 11 is 0. The van der Waals surface area contributed by atoms with Gasteiger partial charge in [0, 0.05) is 16.6 Å². The van der Waals surface area contributed by atoms with E-state index in [9.17, 15) is 9.59 Å². The largest absolute Gasteiger partial charge is 0.479 e. The van der Waals surface area contributed by atoms with E-state index in [1.54, 1.807) is 31.4 Å². The minimum absolute atomic E-state index is 0.139. The van der Waals surface area contributed by atoms with Crippen molar-refractivity contribution in [3.63, 3.8) is 0 Å². The highest BCUT2D eigenvalue weighted by Crippen LogP contribution is 2.33.